The van der Waals surface area contributed by atoms with Crippen LogP contribution in [-0.4, -0.2) is 55.6 Å². The van der Waals surface area contributed by atoms with Crippen LogP contribution in [0.2, 0.25) is 0 Å². The molecule has 196 valence electrons. The molecule has 12 heteroatoms. The number of hydrogen-bond acceptors (Lipinski definition) is 10. The van der Waals surface area contributed by atoms with Crippen molar-refractivity contribution in [2.75, 3.05) is 31.4 Å². The number of carbonyl (C=O) groups excluding carboxylic acids is 1. The highest BCUT2D eigenvalue weighted by Crippen LogP contribution is 2.40. The van der Waals surface area contributed by atoms with E-state index in [0.717, 1.165) is 6.42 Å². The Balaban J connectivity index is 1.81. The van der Waals surface area contributed by atoms with Crippen molar-refractivity contribution in [1.29, 1.82) is 0 Å². The molecular formula is C25H30N6O5S. The number of pyridine rings is 3. The molecule has 1 saturated heterocycles. The highest BCUT2D eigenvalue weighted by molar-refractivity contribution is 7.90. The number of nitrogens with two attached hydrogens (primary N) is 1. The van der Waals surface area contributed by atoms with Crippen LogP contribution in [0.25, 0.3) is 11.3 Å². The summed E-state index contributed by atoms with van der Waals surface area (Å²) in [5, 5.41) is 0. The molecular weight excluding hydrogens is 496 g/mol. The van der Waals surface area contributed by atoms with Gasteiger partial charge in [-0.1, -0.05) is 6.92 Å². The molecule has 1 amide bonds. The van der Waals surface area contributed by atoms with Crippen LogP contribution in [0.3, 0.4) is 0 Å². The number of hydrogen-bond donors (Lipinski definition) is 2. The van der Waals surface area contributed by atoms with Gasteiger partial charge < -0.3 is 20.1 Å². The molecule has 0 aromatic carbocycles. The first-order chi connectivity index (χ1) is 17.5. The van der Waals surface area contributed by atoms with Crippen LogP contribution in [0.4, 0.5) is 11.6 Å². The fraction of sp³-hybridized carbons (Fsp3) is 0.360. The monoisotopic (exact) mass is 526 g/mol. The topological polar surface area (TPSA) is 150 Å². The van der Waals surface area contributed by atoms with Gasteiger partial charge in [-0.05, 0) is 56.5 Å². The Morgan fingerprint density at radius 1 is 1.14 bits per heavy atom. The maximum absolute atomic E-state index is 13.4. The maximum Gasteiger partial charge on any atom is 0.268 e. The van der Waals surface area contributed by atoms with Gasteiger partial charge in [-0.2, -0.15) is 4.98 Å². The lowest BCUT2D eigenvalue weighted by molar-refractivity contribution is 0.0981. The minimum Gasteiger partial charge on any atom is -0.481 e. The average Bonchev–Trinajstić information content (AvgIpc) is 3.14. The molecule has 1 unspecified atom stereocenters. The molecule has 0 aliphatic carbocycles. The van der Waals surface area contributed by atoms with Gasteiger partial charge in [0.1, 0.15) is 16.5 Å². The number of nitrogen functional groups attached to an aromatic ring is 1. The predicted octanol–water partition coefficient (Wildman–Crippen LogP) is 2.88. The summed E-state index contributed by atoms with van der Waals surface area (Å²) >= 11 is 0. The Morgan fingerprint density at radius 3 is 2.51 bits per heavy atom. The fourth-order valence-electron chi connectivity index (χ4n) is 4.34. The summed E-state index contributed by atoms with van der Waals surface area (Å²) in [6.07, 6.45) is 2.26. The number of rotatable bonds is 7. The lowest BCUT2D eigenvalue weighted by Crippen LogP contribution is -2.43. The fourth-order valence-corrected chi connectivity index (χ4v) is 5.39. The minimum atomic E-state index is -4.28. The van der Waals surface area contributed by atoms with E-state index >= 15 is 0 Å². The van der Waals surface area contributed by atoms with Gasteiger partial charge in [-0.25, -0.2) is 23.1 Å². The lowest BCUT2D eigenvalue weighted by atomic mass is 9.90. The van der Waals surface area contributed by atoms with Crippen LogP contribution >= 0.6 is 0 Å². The van der Waals surface area contributed by atoms with Crippen LogP contribution in [0.1, 0.15) is 37.6 Å². The third kappa shape index (κ3) is 4.88. The van der Waals surface area contributed by atoms with Gasteiger partial charge in [0, 0.05) is 24.3 Å². The molecule has 1 aliphatic heterocycles. The molecule has 3 aromatic rings. The molecule has 0 bridgehead atoms. The van der Waals surface area contributed by atoms with E-state index in [2.05, 4.69) is 35.5 Å². The number of aromatic nitrogens is 3. The summed E-state index contributed by atoms with van der Waals surface area (Å²) < 4.78 is 38.7. The zero-order chi connectivity index (χ0) is 27.0. The van der Waals surface area contributed by atoms with Crippen LogP contribution in [0.15, 0.2) is 47.5 Å². The second-order valence-electron chi connectivity index (χ2n) is 9.29. The number of anilines is 2. The summed E-state index contributed by atoms with van der Waals surface area (Å²) in [6, 6.07) is 9.35. The second-order valence-corrected chi connectivity index (χ2v) is 10.9. The van der Waals surface area contributed by atoms with Gasteiger partial charge in [-0.3, -0.25) is 4.79 Å². The zero-order valence-corrected chi connectivity index (χ0v) is 22.2. The standard InChI is InChI=1S/C25H30N6O5S/c1-15-12-14-31(25(15,2)3)22-17(23(32)30-37(33,34)19-7-6-13-27-21(19)26)8-10-18(28-22)16-9-11-20(35-4)29-24(16)36-5/h6-11,13,15H,12,14H2,1-5H3,(H2,26,27)(H,30,32). The molecule has 4 heterocycles. The minimum absolute atomic E-state index is 0.109. The van der Waals surface area contributed by atoms with Gasteiger partial charge in [0.05, 0.1) is 31.0 Å². The van der Waals surface area contributed by atoms with Crippen molar-refractivity contribution >= 4 is 27.6 Å². The van der Waals surface area contributed by atoms with Crippen molar-refractivity contribution in [1.82, 2.24) is 19.7 Å². The Morgan fingerprint density at radius 2 is 1.89 bits per heavy atom. The first-order valence-electron chi connectivity index (χ1n) is 11.6. The molecule has 1 aliphatic rings. The first-order valence-corrected chi connectivity index (χ1v) is 13.1. The van der Waals surface area contributed by atoms with Gasteiger partial charge in [-0.15, -0.1) is 0 Å². The van der Waals surface area contributed by atoms with E-state index < -0.39 is 15.9 Å². The van der Waals surface area contributed by atoms with Crippen LogP contribution < -0.4 is 24.8 Å². The van der Waals surface area contributed by atoms with Crippen molar-refractivity contribution in [3.05, 3.63) is 48.2 Å². The van der Waals surface area contributed by atoms with Gasteiger partial charge >= 0.3 is 0 Å². The first kappa shape index (κ1) is 26.1. The summed E-state index contributed by atoms with van der Waals surface area (Å²) in [7, 11) is -1.27. The van der Waals surface area contributed by atoms with E-state index in [1.54, 1.807) is 24.3 Å². The number of nitrogens with one attached hydrogen (secondary N) is 1. The van der Waals surface area contributed by atoms with Gasteiger partial charge in [0.25, 0.3) is 15.9 Å². The van der Waals surface area contributed by atoms with E-state index in [1.807, 2.05) is 4.90 Å². The molecule has 3 aromatic heterocycles. The highest BCUT2D eigenvalue weighted by atomic mass is 32.2. The zero-order valence-electron chi connectivity index (χ0n) is 21.3. The molecule has 1 atom stereocenters. The maximum atomic E-state index is 13.4. The second kappa shape index (κ2) is 9.85. The molecule has 3 N–H and O–H groups in total. The number of sulfonamides is 1. The molecule has 1 fully saturated rings. The SMILES string of the molecule is COc1ccc(-c2ccc(C(=O)NS(=O)(=O)c3cccnc3N)c(N3CCC(C)C3(C)C)n2)c(OC)n1. The molecule has 4 rings (SSSR count). The van der Waals surface area contributed by atoms with Gasteiger partial charge in [0.2, 0.25) is 11.8 Å². The smallest absolute Gasteiger partial charge is 0.268 e. The van der Waals surface area contributed by atoms with E-state index in [4.69, 9.17) is 20.2 Å². The normalized spacial score (nSPS) is 16.9. The van der Waals surface area contributed by atoms with Crippen molar-refractivity contribution in [3.63, 3.8) is 0 Å². The van der Waals surface area contributed by atoms with Crippen LogP contribution in [0.5, 0.6) is 11.8 Å². The third-order valence-electron chi connectivity index (χ3n) is 6.89. The van der Waals surface area contributed by atoms with Crippen molar-refractivity contribution in [2.24, 2.45) is 5.92 Å². The Kier molecular flexibility index (Phi) is 6.96. The van der Waals surface area contributed by atoms with Crippen molar-refractivity contribution in [3.8, 4) is 23.0 Å². The van der Waals surface area contributed by atoms with Crippen LogP contribution in [-0.2, 0) is 10.0 Å². The summed E-state index contributed by atoms with van der Waals surface area (Å²) in [4.78, 5) is 28.1. The average molecular weight is 527 g/mol. The van der Waals surface area contributed by atoms with Crippen molar-refractivity contribution in [2.45, 2.75) is 37.6 Å². The van der Waals surface area contributed by atoms with E-state index in [-0.39, 0.29) is 21.8 Å². The summed E-state index contributed by atoms with van der Waals surface area (Å²) in [5.74, 6) is 0.323. The number of amides is 1. The molecule has 0 saturated carbocycles. The van der Waals surface area contributed by atoms with Gasteiger partial charge in [0.15, 0.2) is 0 Å². The van der Waals surface area contributed by atoms with E-state index in [9.17, 15) is 13.2 Å². The Hall–Kier alpha value is -3.93. The quantitative estimate of drug-likeness (QED) is 0.470. The highest BCUT2D eigenvalue weighted by Gasteiger charge is 2.41. The Bertz CT molecular complexity index is 1440. The summed E-state index contributed by atoms with van der Waals surface area (Å²) in [6.45, 7) is 6.92. The molecule has 11 nitrogen and oxygen atoms in total. The van der Waals surface area contributed by atoms with E-state index in [0.29, 0.717) is 41.3 Å². The number of methoxy groups -OCH3 is 2. The predicted molar refractivity (Wildman–Crippen MR) is 139 cm³/mol. The molecule has 37 heavy (non-hydrogen) atoms. The number of nitrogens with zero attached hydrogens (tertiary/aromatic N) is 4. The number of ether oxygens (including phenoxy) is 2. The third-order valence-corrected chi connectivity index (χ3v) is 8.27. The summed E-state index contributed by atoms with van der Waals surface area (Å²) in [5.41, 5.74) is 6.62. The largest absolute Gasteiger partial charge is 0.481 e. The molecule has 0 spiro atoms. The van der Waals surface area contributed by atoms with E-state index in [1.165, 1.54) is 32.5 Å². The molecule has 0 radical (unpaired) electrons. The van der Waals surface area contributed by atoms with Crippen molar-refractivity contribution < 1.29 is 22.7 Å². The Labute approximate surface area is 216 Å². The lowest BCUT2D eigenvalue weighted by Gasteiger charge is -2.36. The van der Waals surface area contributed by atoms with Crippen LogP contribution in [0, 0.1) is 5.92 Å². The number of carbonyl (C=O) groups is 1.